The maximum Gasteiger partial charge on any atom is 0.258 e. The number of hydrogen-bond acceptors (Lipinski definition) is 5. The van der Waals surface area contributed by atoms with Gasteiger partial charge in [-0.15, -0.1) is 10.2 Å². The van der Waals surface area contributed by atoms with E-state index in [9.17, 15) is 4.79 Å². The highest BCUT2D eigenvalue weighted by atomic mass is 16.5. The van der Waals surface area contributed by atoms with E-state index in [0.29, 0.717) is 11.6 Å². The number of ether oxygens (including phenoxy) is 1. The summed E-state index contributed by atoms with van der Waals surface area (Å²) in [5.74, 6) is 0.979. The second-order valence-corrected chi connectivity index (χ2v) is 5.52. The van der Waals surface area contributed by atoms with Crippen molar-refractivity contribution in [3.05, 3.63) is 30.7 Å². The van der Waals surface area contributed by atoms with Crippen molar-refractivity contribution < 1.29 is 13.9 Å². The number of carbonyl (C=O) groups excluding carboxylic acids is 1. The van der Waals surface area contributed by atoms with Crippen LogP contribution in [0.5, 0.6) is 5.75 Å². The predicted molar refractivity (Wildman–Crippen MR) is 87.0 cm³/mol. The van der Waals surface area contributed by atoms with E-state index in [0.717, 1.165) is 18.4 Å². The van der Waals surface area contributed by atoms with Crippen molar-refractivity contribution in [2.24, 2.45) is 0 Å². The van der Waals surface area contributed by atoms with E-state index in [2.05, 4.69) is 22.4 Å². The van der Waals surface area contributed by atoms with Crippen molar-refractivity contribution in [1.29, 1.82) is 0 Å². The summed E-state index contributed by atoms with van der Waals surface area (Å²) in [4.78, 5) is 11.8. The molecule has 0 aliphatic carbocycles. The van der Waals surface area contributed by atoms with Crippen LogP contribution in [0.2, 0.25) is 0 Å². The van der Waals surface area contributed by atoms with Crippen LogP contribution in [0.15, 0.2) is 35.1 Å². The Bertz CT molecular complexity index is 582. The van der Waals surface area contributed by atoms with Crippen LogP contribution >= 0.6 is 0 Å². The lowest BCUT2D eigenvalue weighted by molar-refractivity contribution is -0.123. The average molecular weight is 317 g/mol. The molecule has 23 heavy (non-hydrogen) atoms. The van der Waals surface area contributed by atoms with Gasteiger partial charge >= 0.3 is 0 Å². The molecule has 0 aliphatic rings. The zero-order valence-electron chi connectivity index (χ0n) is 13.6. The van der Waals surface area contributed by atoms with Crippen LogP contribution in [0, 0.1) is 0 Å². The Labute approximate surface area is 136 Å². The fourth-order valence-electron chi connectivity index (χ4n) is 2.23. The first-order valence-corrected chi connectivity index (χ1v) is 7.97. The number of carbonyl (C=O) groups is 1. The van der Waals surface area contributed by atoms with Crippen LogP contribution in [-0.4, -0.2) is 28.8 Å². The highest BCUT2D eigenvalue weighted by Crippen LogP contribution is 2.20. The van der Waals surface area contributed by atoms with Gasteiger partial charge in [0.25, 0.3) is 5.91 Å². The van der Waals surface area contributed by atoms with Crippen LogP contribution < -0.4 is 10.1 Å². The molecule has 0 radical (unpaired) electrons. The molecule has 124 valence electrons. The molecule has 0 aliphatic heterocycles. The largest absolute Gasteiger partial charge is 0.484 e. The van der Waals surface area contributed by atoms with Crippen molar-refractivity contribution in [1.82, 2.24) is 15.5 Å². The minimum atomic E-state index is -0.102. The lowest BCUT2D eigenvalue weighted by Gasteiger charge is -2.14. The van der Waals surface area contributed by atoms with Gasteiger partial charge in [0.15, 0.2) is 6.61 Å². The van der Waals surface area contributed by atoms with E-state index >= 15 is 0 Å². The maximum absolute atomic E-state index is 11.8. The van der Waals surface area contributed by atoms with Crippen molar-refractivity contribution >= 4 is 5.91 Å². The quantitative estimate of drug-likeness (QED) is 0.719. The topological polar surface area (TPSA) is 77.2 Å². The number of hydrogen-bond donors (Lipinski definition) is 1. The monoisotopic (exact) mass is 317 g/mol. The SMILES string of the molecule is CCCCCC(C)NC(=O)COc1ccc(-c2nnco2)cc1. The number of aromatic nitrogens is 2. The summed E-state index contributed by atoms with van der Waals surface area (Å²) >= 11 is 0. The second kappa shape index (κ2) is 8.92. The first-order chi connectivity index (χ1) is 11.2. The van der Waals surface area contributed by atoms with Crippen LogP contribution in [0.25, 0.3) is 11.5 Å². The third-order valence-corrected chi connectivity index (χ3v) is 3.48. The normalized spacial score (nSPS) is 11.9. The molecule has 1 unspecified atom stereocenters. The number of unbranched alkanes of at least 4 members (excludes halogenated alkanes) is 2. The molecule has 0 fully saturated rings. The maximum atomic E-state index is 11.8. The van der Waals surface area contributed by atoms with Gasteiger partial charge in [-0.2, -0.15) is 0 Å². The van der Waals surface area contributed by atoms with Crippen LogP contribution in [-0.2, 0) is 4.79 Å². The third kappa shape index (κ3) is 5.73. The van der Waals surface area contributed by atoms with Crippen LogP contribution in [0.3, 0.4) is 0 Å². The summed E-state index contributed by atoms with van der Waals surface area (Å²) in [6.07, 6.45) is 5.80. The van der Waals surface area contributed by atoms with Crippen molar-refractivity contribution in [3.63, 3.8) is 0 Å². The molecule has 1 amide bonds. The Balaban J connectivity index is 1.74. The highest BCUT2D eigenvalue weighted by Gasteiger charge is 2.08. The summed E-state index contributed by atoms with van der Waals surface area (Å²) in [5.41, 5.74) is 0.809. The fraction of sp³-hybridized carbons (Fsp3) is 0.471. The summed E-state index contributed by atoms with van der Waals surface area (Å²) < 4.78 is 10.6. The van der Waals surface area contributed by atoms with E-state index in [1.807, 2.05) is 19.1 Å². The molecule has 0 spiro atoms. The van der Waals surface area contributed by atoms with E-state index < -0.39 is 0 Å². The van der Waals surface area contributed by atoms with E-state index in [1.54, 1.807) is 12.1 Å². The van der Waals surface area contributed by atoms with Crippen LogP contribution in [0.4, 0.5) is 0 Å². The van der Waals surface area contributed by atoms with Crippen molar-refractivity contribution in [2.75, 3.05) is 6.61 Å². The Morgan fingerprint density at radius 1 is 1.30 bits per heavy atom. The molecule has 2 aromatic rings. The molecule has 0 bridgehead atoms. The van der Waals surface area contributed by atoms with Crippen molar-refractivity contribution in [2.45, 2.75) is 45.6 Å². The number of nitrogens with one attached hydrogen (secondary N) is 1. The van der Waals surface area contributed by atoms with Gasteiger partial charge < -0.3 is 14.5 Å². The van der Waals surface area contributed by atoms with E-state index in [1.165, 1.54) is 19.2 Å². The molecule has 1 aromatic heterocycles. The Hall–Kier alpha value is -2.37. The Morgan fingerprint density at radius 3 is 2.74 bits per heavy atom. The summed E-state index contributed by atoms with van der Waals surface area (Å²) in [6.45, 7) is 4.20. The molecule has 1 heterocycles. The summed E-state index contributed by atoms with van der Waals surface area (Å²) in [7, 11) is 0. The molecular weight excluding hydrogens is 294 g/mol. The van der Waals surface area contributed by atoms with Gasteiger partial charge in [0.05, 0.1) is 0 Å². The Kier molecular flexibility index (Phi) is 6.59. The molecule has 1 aromatic carbocycles. The van der Waals surface area contributed by atoms with Crippen molar-refractivity contribution in [3.8, 4) is 17.2 Å². The average Bonchev–Trinajstić information content (AvgIpc) is 3.08. The first-order valence-electron chi connectivity index (χ1n) is 7.97. The molecule has 6 nitrogen and oxygen atoms in total. The Morgan fingerprint density at radius 2 is 2.09 bits per heavy atom. The fourth-order valence-corrected chi connectivity index (χ4v) is 2.23. The van der Waals surface area contributed by atoms with Gasteiger partial charge in [-0.05, 0) is 37.6 Å². The summed E-state index contributed by atoms with van der Waals surface area (Å²) in [5, 5.41) is 10.4. The zero-order valence-corrected chi connectivity index (χ0v) is 13.6. The highest BCUT2D eigenvalue weighted by molar-refractivity contribution is 5.77. The minimum absolute atomic E-state index is 0.0119. The lowest BCUT2D eigenvalue weighted by Crippen LogP contribution is -2.36. The van der Waals surface area contributed by atoms with Gasteiger partial charge in [0.1, 0.15) is 5.75 Å². The molecule has 0 saturated heterocycles. The predicted octanol–water partition coefficient (Wildman–Crippen LogP) is 3.20. The number of rotatable bonds is 9. The standard InChI is InChI=1S/C17H23N3O3/c1-3-4-5-6-13(2)19-16(21)11-22-15-9-7-14(8-10-15)17-20-18-12-23-17/h7-10,12-13H,3-6,11H2,1-2H3,(H,19,21). The third-order valence-electron chi connectivity index (χ3n) is 3.48. The lowest BCUT2D eigenvalue weighted by atomic mass is 10.1. The van der Waals surface area contributed by atoms with Crippen LogP contribution in [0.1, 0.15) is 39.5 Å². The van der Waals surface area contributed by atoms with E-state index in [4.69, 9.17) is 9.15 Å². The smallest absolute Gasteiger partial charge is 0.258 e. The number of nitrogens with zero attached hydrogens (tertiary/aromatic N) is 2. The van der Waals surface area contributed by atoms with Gasteiger partial charge in [0, 0.05) is 11.6 Å². The molecule has 6 heteroatoms. The molecule has 1 N–H and O–H groups in total. The number of amides is 1. The van der Waals surface area contributed by atoms with E-state index in [-0.39, 0.29) is 18.6 Å². The zero-order chi connectivity index (χ0) is 16.5. The molecular formula is C17H23N3O3. The van der Waals surface area contributed by atoms with Gasteiger partial charge in [-0.25, -0.2) is 0 Å². The second-order valence-electron chi connectivity index (χ2n) is 5.52. The molecule has 1 atom stereocenters. The first kappa shape index (κ1) is 17.0. The molecule has 2 rings (SSSR count). The summed E-state index contributed by atoms with van der Waals surface area (Å²) in [6, 6.07) is 7.36. The van der Waals surface area contributed by atoms with Gasteiger partial charge in [-0.3, -0.25) is 4.79 Å². The minimum Gasteiger partial charge on any atom is -0.484 e. The van der Waals surface area contributed by atoms with Gasteiger partial charge in [-0.1, -0.05) is 26.2 Å². The molecule has 0 saturated carbocycles. The number of benzene rings is 1. The van der Waals surface area contributed by atoms with Gasteiger partial charge in [0.2, 0.25) is 12.3 Å².